The van der Waals surface area contributed by atoms with Crippen molar-refractivity contribution in [3.05, 3.63) is 64.9 Å². The summed E-state index contributed by atoms with van der Waals surface area (Å²) in [5.74, 6) is -3.80. The molecule has 14 heteroatoms. The highest BCUT2D eigenvalue weighted by Crippen LogP contribution is 2.34. The summed E-state index contributed by atoms with van der Waals surface area (Å²) in [6.45, 7) is 1.87. The summed E-state index contributed by atoms with van der Waals surface area (Å²) < 4.78 is 84.8. The van der Waals surface area contributed by atoms with Crippen LogP contribution in [0.25, 0.3) is 10.9 Å². The molecule has 2 aromatic carbocycles. The topological polar surface area (TPSA) is 70.6 Å². The van der Waals surface area contributed by atoms with Crippen LogP contribution in [0, 0.1) is 0 Å². The van der Waals surface area contributed by atoms with Crippen LogP contribution in [-0.4, -0.2) is 71.4 Å². The van der Waals surface area contributed by atoms with E-state index in [9.17, 15) is 31.1 Å². The smallest absolute Gasteiger partial charge is 0.452 e. The van der Waals surface area contributed by atoms with E-state index >= 15 is 0 Å². The maximum atomic E-state index is 13.6. The van der Waals surface area contributed by atoms with E-state index < -0.39 is 36.3 Å². The van der Waals surface area contributed by atoms with E-state index in [0.29, 0.717) is 23.3 Å². The van der Waals surface area contributed by atoms with Crippen LogP contribution < -0.4 is 10.2 Å². The molecule has 0 radical (unpaired) electrons. The monoisotopic (exact) mass is 601 g/mol. The van der Waals surface area contributed by atoms with E-state index in [1.807, 2.05) is 24.3 Å². The molecule has 0 spiro atoms. The van der Waals surface area contributed by atoms with Crippen LogP contribution >= 0.6 is 11.6 Å². The van der Waals surface area contributed by atoms with E-state index in [0.717, 1.165) is 25.2 Å². The minimum absolute atomic E-state index is 0.0148. The van der Waals surface area contributed by atoms with Gasteiger partial charge in [-0.05, 0) is 55.8 Å². The Kier molecular flexibility index (Phi) is 8.31. The summed E-state index contributed by atoms with van der Waals surface area (Å²) >= 11 is 5.95. The predicted molar refractivity (Wildman–Crippen MR) is 139 cm³/mol. The summed E-state index contributed by atoms with van der Waals surface area (Å²) in [4.78, 5) is 22.8. The first-order valence-corrected chi connectivity index (χ1v) is 13.3. The second-order valence-electron chi connectivity index (χ2n) is 10.2. The summed E-state index contributed by atoms with van der Waals surface area (Å²) in [6.07, 6.45) is -9.95. The number of aromatic nitrogens is 2. The lowest BCUT2D eigenvalue weighted by molar-refractivity contribution is -0.204. The van der Waals surface area contributed by atoms with Crippen molar-refractivity contribution in [1.29, 1.82) is 0 Å². The molecule has 2 aliphatic heterocycles. The molecule has 2 fully saturated rings. The highest BCUT2D eigenvalue weighted by atomic mass is 35.5. The zero-order chi connectivity index (χ0) is 29.4. The quantitative estimate of drug-likeness (QED) is 0.307. The normalized spacial score (nSPS) is 21.0. The van der Waals surface area contributed by atoms with Crippen LogP contribution in [-0.2, 0) is 22.3 Å². The number of alkyl halides is 6. The average molecular weight is 602 g/mol. The number of hydrogen-bond donors (Lipinski definition) is 1. The Hall–Kier alpha value is -3.16. The van der Waals surface area contributed by atoms with Gasteiger partial charge in [-0.2, -0.15) is 26.3 Å². The molecule has 2 unspecified atom stereocenters. The number of para-hydroxylation sites is 1. The van der Waals surface area contributed by atoms with Crippen LogP contribution in [0.2, 0.25) is 5.02 Å². The van der Waals surface area contributed by atoms with Gasteiger partial charge in [-0.15, -0.1) is 0 Å². The van der Waals surface area contributed by atoms with Gasteiger partial charge < -0.3 is 15.0 Å². The maximum Gasteiger partial charge on any atom is 0.490 e. The highest BCUT2D eigenvalue weighted by Gasteiger charge is 2.46. The standard InChI is InChI=1S/C27H26ClF6N5O2/c28-17-7-5-16(6-8-17)13-38-11-9-18(10-12-38)35-21-14-39(15-22(21)41-25(40)27(32,33)34)23-19-3-1-2-4-20(19)36-24(37-23)26(29,30)31/h1-8,18,21-22,35H,9-15H2. The van der Waals surface area contributed by atoms with E-state index in [1.54, 1.807) is 12.1 Å². The second kappa shape index (κ2) is 11.6. The molecule has 2 saturated heterocycles. The Morgan fingerprint density at radius 3 is 2.32 bits per heavy atom. The van der Waals surface area contributed by atoms with Gasteiger partial charge in [0.05, 0.1) is 18.1 Å². The van der Waals surface area contributed by atoms with Crippen molar-refractivity contribution in [3.63, 3.8) is 0 Å². The molecule has 0 amide bonds. The van der Waals surface area contributed by atoms with Crippen molar-refractivity contribution in [3.8, 4) is 0 Å². The van der Waals surface area contributed by atoms with Crippen molar-refractivity contribution in [2.45, 2.75) is 49.9 Å². The fourth-order valence-electron chi connectivity index (χ4n) is 5.27. The van der Waals surface area contributed by atoms with Gasteiger partial charge in [-0.3, -0.25) is 4.90 Å². The zero-order valence-electron chi connectivity index (χ0n) is 21.6. The first-order valence-electron chi connectivity index (χ1n) is 13.0. The van der Waals surface area contributed by atoms with E-state index in [1.165, 1.54) is 17.0 Å². The number of anilines is 1. The molecular weight excluding hydrogens is 576 g/mol. The Balaban J connectivity index is 1.33. The molecule has 2 aliphatic rings. The number of fused-ring (bicyclic) bond motifs is 1. The number of hydrogen-bond acceptors (Lipinski definition) is 7. The van der Waals surface area contributed by atoms with Crippen LogP contribution in [0.1, 0.15) is 24.2 Å². The fraction of sp³-hybridized carbons (Fsp3) is 0.444. The van der Waals surface area contributed by atoms with Crippen molar-refractivity contribution < 1.29 is 35.9 Å². The molecule has 3 aromatic rings. The third kappa shape index (κ3) is 7.02. The Bertz CT molecular complexity index is 1380. The minimum Gasteiger partial charge on any atom is -0.452 e. The molecule has 0 bridgehead atoms. The molecule has 5 rings (SSSR count). The van der Waals surface area contributed by atoms with Gasteiger partial charge in [-0.25, -0.2) is 14.8 Å². The Morgan fingerprint density at radius 2 is 1.66 bits per heavy atom. The van der Waals surface area contributed by atoms with Gasteiger partial charge in [-0.1, -0.05) is 35.9 Å². The number of benzene rings is 2. The fourth-order valence-corrected chi connectivity index (χ4v) is 5.39. The lowest BCUT2D eigenvalue weighted by Gasteiger charge is -2.34. The molecule has 1 aromatic heterocycles. The number of carbonyl (C=O) groups is 1. The van der Waals surface area contributed by atoms with Gasteiger partial charge in [0.2, 0.25) is 5.82 Å². The number of halogens is 7. The lowest BCUT2D eigenvalue weighted by Crippen LogP contribution is -2.51. The predicted octanol–water partition coefficient (Wildman–Crippen LogP) is 5.22. The van der Waals surface area contributed by atoms with Crippen LogP contribution in [0.4, 0.5) is 32.2 Å². The number of nitrogens with one attached hydrogen (secondary N) is 1. The van der Waals surface area contributed by atoms with Crippen molar-refractivity contribution in [1.82, 2.24) is 20.2 Å². The number of likely N-dealkylation sites (tertiary alicyclic amines) is 1. The van der Waals surface area contributed by atoms with Crippen molar-refractivity contribution in [2.24, 2.45) is 0 Å². The van der Waals surface area contributed by atoms with Gasteiger partial charge >= 0.3 is 18.3 Å². The average Bonchev–Trinajstić information content (AvgIpc) is 3.31. The van der Waals surface area contributed by atoms with Gasteiger partial charge in [0.15, 0.2) is 0 Å². The number of rotatable bonds is 6. The highest BCUT2D eigenvalue weighted by molar-refractivity contribution is 6.30. The lowest BCUT2D eigenvalue weighted by atomic mass is 10.0. The van der Waals surface area contributed by atoms with E-state index in [-0.39, 0.29) is 30.5 Å². The molecule has 41 heavy (non-hydrogen) atoms. The van der Waals surface area contributed by atoms with Gasteiger partial charge in [0, 0.05) is 29.5 Å². The molecule has 0 saturated carbocycles. The molecule has 1 N–H and O–H groups in total. The number of piperidine rings is 1. The number of nitrogens with zero attached hydrogens (tertiary/aromatic N) is 4. The third-order valence-corrected chi connectivity index (χ3v) is 7.50. The maximum absolute atomic E-state index is 13.6. The number of ether oxygens (including phenoxy) is 1. The summed E-state index contributed by atoms with van der Waals surface area (Å²) in [5.41, 5.74) is 1.14. The van der Waals surface area contributed by atoms with Crippen LogP contribution in [0.3, 0.4) is 0 Å². The summed E-state index contributed by atoms with van der Waals surface area (Å²) in [6, 6.07) is 12.7. The number of carbonyl (C=O) groups excluding carboxylic acids is 1. The summed E-state index contributed by atoms with van der Waals surface area (Å²) in [7, 11) is 0. The largest absolute Gasteiger partial charge is 0.490 e. The molecule has 0 aliphatic carbocycles. The van der Waals surface area contributed by atoms with Crippen LogP contribution in [0.5, 0.6) is 0 Å². The number of esters is 1. The summed E-state index contributed by atoms with van der Waals surface area (Å²) in [5, 5.41) is 4.26. The molecule has 220 valence electrons. The van der Waals surface area contributed by atoms with E-state index in [2.05, 4.69) is 20.2 Å². The first kappa shape index (κ1) is 29.3. The van der Waals surface area contributed by atoms with E-state index in [4.69, 9.17) is 16.3 Å². The SMILES string of the molecule is O=C(OC1CN(c2nc(C(F)(F)F)nc3ccccc23)CC1NC1CCN(Cc2ccc(Cl)cc2)CC1)C(F)(F)F. The Labute approximate surface area is 236 Å². The minimum atomic E-state index is -5.21. The van der Waals surface area contributed by atoms with Crippen molar-refractivity contribution in [2.75, 3.05) is 31.1 Å². The van der Waals surface area contributed by atoms with Gasteiger partial charge in [0.25, 0.3) is 0 Å². The van der Waals surface area contributed by atoms with Gasteiger partial charge in [0.1, 0.15) is 11.9 Å². The molecular formula is C27H26ClF6N5O2. The Morgan fingerprint density at radius 1 is 0.976 bits per heavy atom. The zero-order valence-corrected chi connectivity index (χ0v) is 22.3. The molecule has 3 heterocycles. The molecule has 2 atom stereocenters. The first-order chi connectivity index (χ1) is 19.4. The second-order valence-corrected chi connectivity index (χ2v) is 10.6. The third-order valence-electron chi connectivity index (χ3n) is 7.25. The molecule has 7 nitrogen and oxygen atoms in total. The van der Waals surface area contributed by atoms with Crippen molar-refractivity contribution >= 4 is 34.3 Å². The van der Waals surface area contributed by atoms with Crippen LogP contribution in [0.15, 0.2) is 48.5 Å².